The van der Waals surface area contributed by atoms with Crippen LogP contribution in [0.1, 0.15) is 11.6 Å². The summed E-state index contributed by atoms with van der Waals surface area (Å²) in [5, 5.41) is 32.9. The Morgan fingerprint density at radius 3 is 1.58 bits per heavy atom. The number of nitro groups is 2. The van der Waals surface area contributed by atoms with Crippen LogP contribution in [0, 0.1) is 34.1 Å². The molecule has 190 valence electrons. The van der Waals surface area contributed by atoms with Crippen molar-refractivity contribution in [3.05, 3.63) is 44.3 Å². The molecular weight excluding hydrogens is 513 g/mol. The van der Waals surface area contributed by atoms with Crippen molar-refractivity contribution in [1.29, 1.82) is 0 Å². The number of carboxylic acid groups (broad SMARTS) is 1. The molecule has 0 aliphatic rings. The largest absolute Gasteiger partial charge is 1.00 e. The zero-order valence-electron chi connectivity index (χ0n) is 19.8. The van der Waals surface area contributed by atoms with Crippen LogP contribution in [-0.2, 0) is 36.9 Å². The van der Waals surface area contributed by atoms with E-state index >= 15 is 0 Å². The third-order valence-corrected chi connectivity index (χ3v) is 4.66. The number of carbonyl (C=O) groups is 3. The van der Waals surface area contributed by atoms with Gasteiger partial charge in [0.1, 0.15) is 38.7 Å². The number of aryl methyl sites for hydroxylation is 2. The summed E-state index contributed by atoms with van der Waals surface area (Å²) in [6.45, 7) is 0.463. The first-order valence-electron chi connectivity index (χ1n) is 10.1. The number of hydrogen-bond donors (Lipinski definition) is 0. The van der Waals surface area contributed by atoms with Gasteiger partial charge in [-0.3, -0.25) is 14.5 Å². The quantitative estimate of drug-likeness (QED) is 0.0963. The first-order chi connectivity index (χ1) is 16.5. The monoisotopic (exact) mass is 535 g/mol. The molecule has 0 unspecified atom stereocenters. The predicted octanol–water partition coefficient (Wildman–Crippen LogP) is -4.64. The van der Waals surface area contributed by atoms with E-state index in [1.54, 1.807) is 0 Å². The van der Waals surface area contributed by atoms with Crippen molar-refractivity contribution in [3.8, 4) is 0 Å². The van der Waals surface area contributed by atoms with Crippen LogP contribution in [0.2, 0.25) is 0 Å². The number of nitrogens with zero attached hydrogens (tertiary/aromatic N) is 7. The third kappa shape index (κ3) is 9.35. The van der Waals surface area contributed by atoms with Crippen molar-refractivity contribution in [2.24, 2.45) is 0 Å². The fraction of sp³-hybridized carbons (Fsp3) is 0.500. The number of esters is 2. The summed E-state index contributed by atoms with van der Waals surface area (Å²) in [6, 6.07) is 0. The van der Waals surface area contributed by atoms with Gasteiger partial charge in [-0.25, -0.2) is 19.1 Å². The Morgan fingerprint density at radius 1 is 0.861 bits per heavy atom. The number of aliphatic carboxylic acids is 1. The van der Waals surface area contributed by atoms with E-state index in [1.165, 1.54) is 23.0 Å². The average Bonchev–Trinajstić information content (AvgIpc) is 3.30. The topological polar surface area (TPSA) is 218 Å². The normalized spacial score (nSPS) is 10.5. The molecule has 2 aromatic rings. The maximum Gasteiger partial charge on any atom is 1.00 e. The fourth-order valence-corrected chi connectivity index (χ4v) is 3.06. The molecule has 0 saturated heterocycles. The van der Waals surface area contributed by atoms with Crippen molar-refractivity contribution < 1.29 is 90.2 Å². The van der Waals surface area contributed by atoms with Gasteiger partial charge < -0.3 is 39.6 Å². The summed E-state index contributed by atoms with van der Waals surface area (Å²) in [7, 11) is 0. The smallest absolute Gasteiger partial charge is 0.549 e. The summed E-state index contributed by atoms with van der Waals surface area (Å²) in [6.07, 6.45) is 2.13. The van der Waals surface area contributed by atoms with E-state index in [2.05, 4.69) is 9.97 Å². The van der Waals surface area contributed by atoms with E-state index in [9.17, 15) is 39.7 Å². The van der Waals surface area contributed by atoms with Crippen molar-refractivity contribution in [1.82, 2.24) is 24.0 Å². The van der Waals surface area contributed by atoms with Gasteiger partial charge in [-0.1, -0.05) is 0 Å². The Kier molecular flexibility index (Phi) is 12.8. The molecule has 0 fully saturated rings. The van der Waals surface area contributed by atoms with Crippen molar-refractivity contribution in [2.75, 3.05) is 32.8 Å². The summed E-state index contributed by atoms with van der Waals surface area (Å²) < 4.78 is 12.4. The molecule has 36 heavy (non-hydrogen) atoms. The van der Waals surface area contributed by atoms with E-state index < -0.39 is 47.4 Å². The van der Waals surface area contributed by atoms with E-state index in [0.29, 0.717) is 11.6 Å². The van der Waals surface area contributed by atoms with E-state index in [1.807, 2.05) is 0 Å². The summed E-state index contributed by atoms with van der Waals surface area (Å²) in [5.74, 6) is -3.21. The zero-order valence-corrected chi connectivity index (χ0v) is 22.9. The van der Waals surface area contributed by atoms with Gasteiger partial charge in [0, 0.05) is 20.4 Å². The minimum Gasteiger partial charge on any atom is -0.549 e. The fourth-order valence-electron chi connectivity index (χ4n) is 3.06. The van der Waals surface area contributed by atoms with Gasteiger partial charge in [-0.15, -0.1) is 0 Å². The first kappa shape index (κ1) is 31.3. The Bertz CT molecular complexity index is 1040. The van der Waals surface area contributed by atoms with Gasteiger partial charge in [-0.05, 0) is 9.85 Å². The van der Waals surface area contributed by atoms with Gasteiger partial charge in [0.25, 0.3) is 0 Å². The van der Waals surface area contributed by atoms with Gasteiger partial charge in [-0.2, -0.15) is 0 Å². The number of carboxylic acids is 1. The van der Waals surface area contributed by atoms with Crippen LogP contribution in [0.3, 0.4) is 0 Å². The zero-order chi connectivity index (χ0) is 26.1. The van der Waals surface area contributed by atoms with Crippen LogP contribution in [-0.4, -0.2) is 84.6 Å². The molecule has 0 saturated carbocycles. The van der Waals surface area contributed by atoms with Gasteiger partial charge >= 0.3 is 75.0 Å². The second-order valence-corrected chi connectivity index (χ2v) is 7.10. The number of carbonyl (C=O) groups excluding carboxylic acids is 3. The average molecular weight is 536 g/mol. The van der Waals surface area contributed by atoms with Gasteiger partial charge in [0.2, 0.25) is 0 Å². The van der Waals surface area contributed by atoms with Crippen LogP contribution in [0.15, 0.2) is 12.4 Å². The summed E-state index contributed by atoms with van der Waals surface area (Å²) in [4.78, 5) is 64.4. The van der Waals surface area contributed by atoms with Crippen molar-refractivity contribution in [2.45, 2.75) is 26.9 Å². The number of imidazole rings is 2. The first-order valence-corrected chi connectivity index (χ1v) is 10.1. The summed E-state index contributed by atoms with van der Waals surface area (Å²) in [5.41, 5.74) is 0. The third-order valence-electron chi connectivity index (χ3n) is 4.66. The Morgan fingerprint density at radius 2 is 1.25 bits per heavy atom. The number of aromatic nitrogens is 4. The molecule has 0 atom stereocenters. The number of ether oxygens (including phenoxy) is 2. The molecule has 0 aliphatic heterocycles. The molecule has 17 nitrogen and oxygen atoms in total. The molecule has 2 heterocycles. The molecule has 2 rings (SSSR count). The van der Waals surface area contributed by atoms with Crippen molar-refractivity contribution >= 4 is 29.5 Å². The van der Waals surface area contributed by atoms with Crippen LogP contribution < -0.4 is 56.5 Å². The minimum atomic E-state index is -1.56. The van der Waals surface area contributed by atoms with Crippen molar-refractivity contribution in [3.63, 3.8) is 0 Å². The standard InChI is InChI=1S/C18H23N7O10.K/c1-12-19-7-14(24(30)31)22(12)3-5-34-17(28)10-21(9-16(26)27)11-18(29)35-6-4-23-13(2)20-8-15(23)25(32)33;/h7-8H,3-6,9-11H2,1-2H3,(H,26,27);/q;+1/p-1. The number of rotatable bonds is 14. The molecular formula is C18H22KN7O10. The minimum absolute atomic E-state index is 0. The summed E-state index contributed by atoms with van der Waals surface area (Å²) >= 11 is 0. The molecule has 0 radical (unpaired) electrons. The molecule has 0 N–H and O–H groups in total. The Labute approximate surface area is 246 Å². The van der Waals surface area contributed by atoms with E-state index in [4.69, 9.17) is 9.47 Å². The van der Waals surface area contributed by atoms with Crippen LogP contribution >= 0.6 is 0 Å². The molecule has 0 amide bonds. The second kappa shape index (κ2) is 14.7. The van der Waals surface area contributed by atoms with E-state index in [-0.39, 0.29) is 89.3 Å². The maximum atomic E-state index is 12.1. The molecule has 0 aliphatic carbocycles. The van der Waals surface area contributed by atoms with Gasteiger partial charge in [0.15, 0.2) is 11.6 Å². The van der Waals surface area contributed by atoms with Gasteiger partial charge in [0.05, 0.1) is 19.1 Å². The van der Waals surface area contributed by atoms with Crippen LogP contribution in [0.25, 0.3) is 0 Å². The SMILES string of the molecule is Cc1ncc([N+](=O)[O-])n1CCOC(=O)CN(CC(=O)[O-])CC(=O)OCCn1c([N+](=O)[O-])cnc1C.[K+]. The molecule has 2 aromatic heterocycles. The molecule has 0 aromatic carbocycles. The Balaban J connectivity index is 0.00000648. The molecule has 18 heteroatoms. The predicted molar refractivity (Wildman–Crippen MR) is 111 cm³/mol. The van der Waals surface area contributed by atoms with Crippen LogP contribution in [0.4, 0.5) is 11.6 Å². The van der Waals surface area contributed by atoms with E-state index in [0.717, 1.165) is 17.3 Å². The molecule has 0 spiro atoms. The molecule has 0 bridgehead atoms. The second-order valence-electron chi connectivity index (χ2n) is 7.10. The Hall–Kier alpha value is -2.77. The maximum absolute atomic E-state index is 12.1. The van der Waals surface area contributed by atoms with Crippen LogP contribution in [0.5, 0.6) is 0 Å². The number of hydrogen-bond acceptors (Lipinski definition) is 13.